The number of hydrogen-bond acceptors (Lipinski definition) is 5. The smallest absolute Gasteiger partial charge is 0.317 e. The highest BCUT2D eigenvalue weighted by Crippen LogP contribution is 2.35. The van der Waals surface area contributed by atoms with Crippen LogP contribution in [0.5, 0.6) is 0 Å². The molecule has 1 aliphatic heterocycles. The van der Waals surface area contributed by atoms with E-state index in [0.29, 0.717) is 24.1 Å². The first-order valence-electron chi connectivity index (χ1n) is 7.37. The maximum atomic E-state index is 12.4. The third-order valence-electron chi connectivity index (χ3n) is 4.07. The summed E-state index contributed by atoms with van der Waals surface area (Å²) in [6.45, 7) is 4.72. The number of anilines is 1. The van der Waals surface area contributed by atoms with Gasteiger partial charge in [-0.1, -0.05) is 22.0 Å². The van der Waals surface area contributed by atoms with E-state index in [2.05, 4.69) is 27.5 Å². The summed E-state index contributed by atoms with van der Waals surface area (Å²) in [5, 5.41) is 0. The molecular formula is C16H16BrN3O4. The van der Waals surface area contributed by atoms with Gasteiger partial charge in [0.15, 0.2) is 0 Å². The molecule has 0 saturated heterocycles. The molecule has 7 nitrogen and oxygen atoms in total. The zero-order chi connectivity index (χ0) is 17.4. The number of aromatic amines is 1. The van der Waals surface area contributed by atoms with Crippen LogP contribution in [0.2, 0.25) is 0 Å². The van der Waals surface area contributed by atoms with Crippen molar-refractivity contribution in [3.05, 3.63) is 50.0 Å². The van der Waals surface area contributed by atoms with Gasteiger partial charge >= 0.3 is 17.1 Å². The van der Waals surface area contributed by atoms with Crippen LogP contribution in [0.4, 0.5) is 5.69 Å². The lowest BCUT2D eigenvalue weighted by atomic mass is 10.1. The van der Waals surface area contributed by atoms with E-state index < -0.39 is 23.1 Å². The first kappa shape index (κ1) is 16.5. The van der Waals surface area contributed by atoms with Crippen LogP contribution >= 0.6 is 15.9 Å². The predicted molar refractivity (Wildman–Crippen MR) is 94.6 cm³/mol. The highest BCUT2D eigenvalue weighted by molar-refractivity contribution is 9.10. The molecule has 126 valence electrons. The molecule has 2 aromatic rings. The summed E-state index contributed by atoms with van der Waals surface area (Å²) in [6.07, 6.45) is 1.76. The summed E-state index contributed by atoms with van der Waals surface area (Å²) in [6, 6.07) is 3.14. The van der Waals surface area contributed by atoms with Gasteiger partial charge in [-0.3, -0.25) is 19.0 Å². The Morgan fingerprint density at radius 1 is 1.50 bits per heavy atom. The number of H-pyrrole nitrogens is 1. The van der Waals surface area contributed by atoms with E-state index in [4.69, 9.17) is 4.74 Å². The topological polar surface area (TPSA) is 84.4 Å². The van der Waals surface area contributed by atoms with Gasteiger partial charge < -0.3 is 14.6 Å². The van der Waals surface area contributed by atoms with Gasteiger partial charge in [-0.05, 0) is 12.1 Å². The fourth-order valence-electron chi connectivity index (χ4n) is 3.10. The van der Waals surface area contributed by atoms with Crippen molar-refractivity contribution in [2.75, 3.05) is 25.1 Å². The number of rotatable bonds is 4. The molecule has 1 unspecified atom stereocenters. The first-order valence-corrected chi connectivity index (χ1v) is 8.16. The number of methoxy groups -OCH3 is 1. The van der Waals surface area contributed by atoms with Crippen molar-refractivity contribution < 1.29 is 9.53 Å². The molecule has 1 N–H and O–H groups in total. The number of nitrogens with one attached hydrogen (secondary N) is 1. The van der Waals surface area contributed by atoms with Crippen molar-refractivity contribution in [2.45, 2.75) is 12.5 Å². The lowest BCUT2D eigenvalue weighted by Gasteiger charge is -2.36. The van der Waals surface area contributed by atoms with E-state index in [1.165, 1.54) is 11.7 Å². The standard InChI is InChI=1S/C16H16BrN3O4/c1-3-4-19-8-10(7-13(21)24-2)20-14-11(18-15(22)16(20)23)5-9(17)6-12(14)19/h3,5-6,10H,1,4,7-8H2,2H3,(H,18,22). The van der Waals surface area contributed by atoms with Crippen LogP contribution in [-0.4, -0.2) is 35.7 Å². The van der Waals surface area contributed by atoms with Crippen LogP contribution in [0.3, 0.4) is 0 Å². The van der Waals surface area contributed by atoms with E-state index in [-0.39, 0.29) is 6.42 Å². The Morgan fingerprint density at radius 3 is 2.92 bits per heavy atom. The number of hydrogen-bond donors (Lipinski definition) is 1. The van der Waals surface area contributed by atoms with E-state index in [1.54, 1.807) is 12.1 Å². The highest BCUT2D eigenvalue weighted by Gasteiger charge is 2.30. The first-order chi connectivity index (χ1) is 11.5. The lowest BCUT2D eigenvalue weighted by Crippen LogP contribution is -2.46. The number of benzene rings is 1. The Balaban J connectivity index is 2.34. The zero-order valence-electron chi connectivity index (χ0n) is 13.0. The minimum Gasteiger partial charge on any atom is -0.469 e. The van der Waals surface area contributed by atoms with E-state index in [9.17, 15) is 14.4 Å². The van der Waals surface area contributed by atoms with Gasteiger partial charge in [-0.15, -0.1) is 6.58 Å². The van der Waals surface area contributed by atoms with Crippen molar-refractivity contribution in [1.82, 2.24) is 9.55 Å². The fourth-order valence-corrected chi connectivity index (χ4v) is 3.55. The molecule has 0 amide bonds. The summed E-state index contributed by atoms with van der Waals surface area (Å²) in [5.41, 5.74) is 0.558. The fraction of sp³-hybridized carbons (Fsp3) is 0.312. The number of carbonyl (C=O) groups is 1. The second-order valence-electron chi connectivity index (χ2n) is 5.58. The van der Waals surface area contributed by atoms with Crippen molar-refractivity contribution in [3.8, 4) is 0 Å². The van der Waals surface area contributed by atoms with Crippen molar-refractivity contribution in [2.24, 2.45) is 0 Å². The summed E-state index contributed by atoms with van der Waals surface area (Å²) < 4.78 is 6.93. The predicted octanol–water partition coefficient (Wildman–Crippen LogP) is 1.56. The second kappa shape index (κ2) is 6.27. The third-order valence-corrected chi connectivity index (χ3v) is 4.53. The van der Waals surface area contributed by atoms with Crippen LogP contribution in [0.1, 0.15) is 12.5 Å². The average Bonchev–Trinajstić information content (AvgIpc) is 2.54. The Hall–Kier alpha value is -2.35. The molecule has 0 aliphatic carbocycles. The van der Waals surface area contributed by atoms with Gasteiger partial charge in [0.05, 0.1) is 36.3 Å². The van der Waals surface area contributed by atoms with Gasteiger partial charge in [0.25, 0.3) is 0 Å². The van der Waals surface area contributed by atoms with Crippen molar-refractivity contribution >= 4 is 38.6 Å². The molecule has 8 heteroatoms. The van der Waals surface area contributed by atoms with E-state index >= 15 is 0 Å². The summed E-state index contributed by atoms with van der Waals surface area (Å²) in [4.78, 5) is 40.9. The normalized spacial score (nSPS) is 16.2. The molecule has 1 aromatic carbocycles. The Labute approximate surface area is 145 Å². The van der Waals surface area contributed by atoms with Crippen molar-refractivity contribution in [3.63, 3.8) is 0 Å². The molecule has 1 aromatic heterocycles. The van der Waals surface area contributed by atoms with E-state index in [0.717, 1.165) is 10.2 Å². The summed E-state index contributed by atoms with van der Waals surface area (Å²) in [5.74, 6) is -0.431. The minimum atomic E-state index is -0.710. The Morgan fingerprint density at radius 2 is 2.25 bits per heavy atom. The molecule has 0 bridgehead atoms. The number of halogens is 1. The Kier molecular flexibility index (Phi) is 4.31. The quantitative estimate of drug-likeness (QED) is 0.484. The number of aromatic nitrogens is 2. The maximum Gasteiger partial charge on any atom is 0.317 e. The lowest BCUT2D eigenvalue weighted by molar-refractivity contribution is -0.141. The average molecular weight is 394 g/mol. The van der Waals surface area contributed by atoms with Gasteiger partial charge in [0.2, 0.25) is 0 Å². The SMILES string of the molecule is C=CCN1CC(CC(=O)OC)n2c(=O)c(=O)[nH]c3cc(Br)cc1c32. The molecule has 3 rings (SSSR count). The number of esters is 1. The molecule has 1 aliphatic rings. The van der Waals surface area contributed by atoms with E-state index in [1.807, 2.05) is 11.0 Å². The number of ether oxygens (including phenoxy) is 1. The third kappa shape index (κ3) is 2.66. The zero-order valence-corrected chi connectivity index (χ0v) is 14.6. The van der Waals surface area contributed by atoms with Crippen LogP contribution in [0, 0.1) is 0 Å². The van der Waals surface area contributed by atoms with Gasteiger partial charge in [0, 0.05) is 17.6 Å². The van der Waals surface area contributed by atoms with Crippen LogP contribution in [-0.2, 0) is 9.53 Å². The Bertz CT molecular complexity index is 947. The molecule has 24 heavy (non-hydrogen) atoms. The number of carbonyl (C=O) groups excluding carboxylic acids is 1. The second-order valence-corrected chi connectivity index (χ2v) is 6.49. The molecule has 2 heterocycles. The summed E-state index contributed by atoms with van der Waals surface area (Å²) in [7, 11) is 1.30. The van der Waals surface area contributed by atoms with Gasteiger partial charge in [-0.2, -0.15) is 0 Å². The number of nitrogens with zero attached hydrogens (tertiary/aromatic N) is 2. The largest absolute Gasteiger partial charge is 0.469 e. The van der Waals surface area contributed by atoms with Crippen molar-refractivity contribution in [1.29, 1.82) is 0 Å². The van der Waals surface area contributed by atoms with Crippen LogP contribution in [0.25, 0.3) is 11.0 Å². The van der Waals surface area contributed by atoms with Crippen LogP contribution < -0.4 is 16.0 Å². The minimum absolute atomic E-state index is 0.0120. The maximum absolute atomic E-state index is 12.4. The van der Waals surface area contributed by atoms with Gasteiger partial charge in [-0.25, -0.2) is 0 Å². The highest BCUT2D eigenvalue weighted by atomic mass is 79.9. The molecule has 1 atom stereocenters. The molecule has 0 spiro atoms. The summed E-state index contributed by atoms with van der Waals surface area (Å²) >= 11 is 3.43. The molecule has 0 saturated carbocycles. The monoisotopic (exact) mass is 393 g/mol. The van der Waals surface area contributed by atoms with Crippen LogP contribution in [0.15, 0.2) is 38.8 Å². The van der Waals surface area contributed by atoms with Gasteiger partial charge in [0.1, 0.15) is 0 Å². The molecular weight excluding hydrogens is 378 g/mol. The molecule has 0 radical (unpaired) electrons. The molecule has 0 fully saturated rings.